The van der Waals surface area contributed by atoms with E-state index >= 15 is 0 Å². The largest absolute Gasteiger partial charge is 0.481 e. The van der Waals surface area contributed by atoms with Crippen LogP contribution >= 0.6 is 11.8 Å². The van der Waals surface area contributed by atoms with Gasteiger partial charge in [0.15, 0.2) is 5.16 Å². The molecule has 2 aromatic rings. The van der Waals surface area contributed by atoms with Gasteiger partial charge >= 0.3 is 11.7 Å². The van der Waals surface area contributed by atoms with Gasteiger partial charge in [-0.2, -0.15) is 0 Å². The van der Waals surface area contributed by atoms with Crippen molar-refractivity contribution in [3.63, 3.8) is 0 Å². The Bertz CT molecular complexity index is 683. The van der Waals surface area contributed by atoms with Crippen LogP contribution < -0.4 is 5.69 Å². The van der Waals surface area contributed by atoms with Crippen LogP contribution in [0.3, 0.4) is 0 Å². The molecule has 0 fully saturated rings. The van der Waals surface area contributed by atoms with E-state index in [1.54, 1.807) is 19.1 Å². The van der Waals surface area contributed by atoms with Crippen molar-refractivity contribution >= 4 is 17.7 Å². The Morgan fingerprint density at radius 2 is 2.35 bits per heavy atom. The number of hydrogen-bond acceptors (Lipinski definition) is 4. The van der Waals surface area contributed by atoms with Gasteiger partial charge in [0.25, 0.3) is 0 Å². The lowest BCUT2D eigenvalue weighted by atomic mass is 10.1. The SMILES string of the molecule is CC(c1cccc(F)c1)n1c(SCC(=O)O)n[nH]c1=O. The molecule has 0 aliphatic heterocycles. The van der Waals surface area contributed by atoms with E-state index in [1.165, 1.54) is 16.7 Å². The molecule has 0 saturated carbocycles. The number of thioether (sulfide) groups is 1. The van der Waals surface area contributed by atoms with E-state index in [2.05, 4.69) is 10.2 Å². The Labute approximate surface area is 117 Å². The molecule has 1 aromatic heterocycles. The lowest BCUT2D eigenvalue weighted by Crippen LogP contribution is -2.22. The minimum absolute atomic E-state index is 0.208. The molecule has 1 unspecified atom stereocenters. The first kappa shape index (κ1) is 14.3. The Morgan fingerprint density at radius 3 is 3.00 bits per heavy atom. The van der Waals surface area contributed by atoms with E-state index in [0.29, 0.717) is 5.56 Å². The molecule has 106 valence electrons. The smallest absolute Gasteiger partial charge is 0.344 e. The molecule has 2 N–H and O–H groups in total. The molecular weight excluding hydrogens is 285 g/mol. The number of nitrogens with one attached hydrogen (secondary N) is 1. The Kier molecular flexibility index (Phi) is 4.23. The normalized spacial score (nSPS) is 12.3. The summed E-state index contributed by atoms with van der Waals surface area (Å²) in [6.45, 7) is 1.72. The van der Waals surface area contributed by atoms with E-state index < -0.39 is 23.5 Å². The number of carboxylic acid groups (broad SMARTS) is 1. The number of nitrogens with zero attached hydrogens (tertiary/aromatic N) is 2. The van der Waals surface area contributed by atoms with Crippen molar-refractivity contribution in [2.45, 2.75) is 18.1 Å². The Morgan fingerprint density at radius 1 is 1.60 bits per heavy atom. The number of benzene rings is 1. The van der Waals surface area contributed by atoms with E-state index in [0.717, 1.165) is 11.8 Å². The maximum atomic E-state index is 13.2. The predicted octanol–water partition coefficient (Wildman–Crippen LogP) is 1.50. The first-order valence-electron chi connectivity index (χ1n) is 5.76. The molecule has 20 heavy (non-hydrogen) atoms. The van der Waals surface area contributed by atoms with Gasteiger partial charge in [-0.05, 0) is 24.6 Å². The van der Waals surface area contributed by atoms with Crippen molar-refractivity contribution in [3.8, 4) is 0 Å². The van der Waals surface area contributed by atoms with Crippen molar-refractivity contribution in [1.82, 2.24) is 14.8 Å². The third kappa shape index (κ3) is 3.08. The van der Waals surface area contributed by atoms with Crippen molar-refractivity contribution in [3.05, 3.63) is 46.1 Å². The summed E-state index contributed by atoms with van der Waals surface area (Å²) in [6, 6.07) is 5.44. The predicted molar refractivity (Wildman–Crippen MR) is 71.4 cm³/mol. The van der Waals surface area contributed by atoms with Crippen LogP contribution in [0.25, 0.3) is 0 Å². The fourth-order valence-corrected chi connectivity index (χ4v) is 2.52. The van der Waals surface area contributed by atoms with Crippen molar-refractivity contribution in [1.29, 1.82) is 0 Å². The molecule has 0 radical (unpaired) electrons. The van der Waals surface area contributed by atoms with Crippen LogP contribution in [0.4, 0.5) is 4.39 Å². The highest BCUT2D eigenvalue weighted by atomic mass is 32.2. The maximum Gasteiger partial charge on any atom is 0.344 e. The summed E-state index contributed by atoms with van der Waals surface area (Å²) >= 11 is 0.930. The van der Waals surface area contributed by atoms with Gasteiger partial charge in [0.1, 0.15) is 5.82 Å². The lowest BCUT2D eigenvalue weighted by Gasteiger charge is -2.14. The van der Waals surface area contributed by atoms with Crippen LogP contribution in [0.5, 0.6) is 0 Å². The standard InChI is InChI=1S/C12H12FN3O3S/c1-7(8-3-2-4-9(13)5-8)16-11(19)14-15-12(16)20-6-10(17)18/h2-5,7H,6H2,1H3,(H,14,19)(H,17,18). The number of hydrogen-bond donors (Lipinski definition) is 2. The highest BCUT2D eigenvalue weighted by molar-refractivity contribution is 7.99. The third-order valence-corrected chi connectivity index (χ3v) is 3.65. The molecule has 0 bridgehead atoms. The van der Waals surface area contributed by atoms with E-state index in [-0.39, 0.29) is 10.9 Å². The Balaban J connectivity index is 2.34. The van der Waals surface area contributed by atoms with Crippen LogP contribution in [0, 0.1) is 5.82 Å². The zero-order valence-electron chi connectivity index (χ0n) is 10.5. The highest BCUT2D eigenvalue weighted by Crippen LogP contribution is 2.22. The number of aliphatic carboxylic acids is 1. The number of H-pyrrole nitrogens is 1. The highest BCUT2D eigenvalue weighted by Gasteiger charge is 2.18. The van der Waals surface area contributed by atoms with Gasteiger partial charge in [-0.3, -0.25) is 9.36 Å². The van der Waals surface area contributed by atoms with Crippen LogP contribution in [-0.2, 0) is 4.79 Å². The second-order valence-electron chi connectivity index (χ2n) is 4.09. The molecule has 6 nitrogen and oxygen atoms in total. The molecule has 0 aliphatic carbocycles. The monoisotopic (exact) mass is 297 g/mol. The average molecular weight is 297 g/mol. The minimum Gasteiger partial charge on any atom is -0.481 e. The number of aromatic nitrogens is 3. The first-order valence-corrected chi connectivity index (χ1v) is 6.74. The number of aromatic amines is 1. The third-order valence-electron chi connectivity index (χ3n) is 2.72. The number of halogens is 1. The summed E-state index contributed by atoms with van der Waals surface area (Å²) in [7, 11) is 0. The lowest BCUT2D eigenvalue weighted by molar-refractivity contribution is -0.133. The van der Waals surface area contributed by atoms with E-state index in [4.69, 9.17) is 5.11 Å². The zero-order chi connectivity index (χ0) is 14.7. The fourth-order valence-electron chi connectivity index (χ4n) is 1.78. The molecule has 1 atom stereocenters. The van der Waals surface area contributed by atoms with E-state index in [1.807, 2.05) is 0 Å². The summed E-state index contributed by atoms with van der Waals surface area (Å²) in [4.78, 5) is 22.4. The summed E-state index contributed by atoms with van der Waals surface area (Å²) in [5.41, 5.74) is 0.139. The van der Waals surface area contributed by atoms with Crippen LogP contribution in [-0.4, -0.2) is 31.6 Å². The fraction of sp³-hybridized carbons (Fsp3) is 0.250. The molecule has 0 aliphatic rings. The molecule has 0 saturated heterocycles. The van der Waals surface area contributed by atoms with Gasteiger partial charge in [-0.15, -0.1) is 5.10 Å². The molecule has 0 spiro atoms. The van der Waals surface area contributed by atoms with Crippen LogP contribution in [0.15, 0.2) is 34.2 Å². The van der Waals surface area contributed by atoms with Gasteiger partial charge in [-0.25, -0.2) is 14.3 Å². The zero-order valence-corrected chi connectivity index (χ0v) is 11.4. The summed E-state index contributed by atoms with van der Waals surface area (Å²) < 4.78 is 14.5. The van der Waals surface area contributed by atoms with Crippen molar-refractivity contribution < 1.29 is 14.3 Å². The number of carboxylic acids is 1. The van der Waals surface area contributed by atoms with Gasteiger partial charge in [0.05, 0.1) is 11.8 Å². The summed E-state index contributed by atoms with van der Waals surface area (Å²) in [5, 5.41) is 15.0. The molecule has 1 heterocycles. The van der Waals surface area contributed by atoms with Crippen molar-refractivity contribution in [2.24, 2.45) is 0 Å². The van der Waals surface area contributed by atoms with Crippen LogP contribution in [0.1, 0.15) is 18.5 Å². The number of carbonyl (C=O) groups is 1. The molecule has 1 aromatic carbocycles. The average Bonchev–Trinajstić information content (AvgIpc) is 2.76. The molecule has 2 rings (SSSR count). The molecular formula is C12H12FN3O3S. The van der Waals surface area contributed by atoms with Gasteiger partial charge in [-0.1, -0.05) is 23.9 Å². The minimum atomic E-state index is -1.00. The Hall–Kier alpha value is -2.09. The first-order chi connectivity index (χ1) is 9.49. The quantitative estimate of drug-likeness (QED) is 0.816. The van der Waals surface area contributed by atoms with Crippen molar-refractivity contribution in [2.75, 3.05) is 5.75 Å². The van der Waals surface area contributed by atoms with Gasteiger partial charge in [0.2, 0.25) is 0 Å². The maximum absolute atomic E-state index is 13.2. The van der Waals surface area contributed by atoms with E-state index in [9.17, 15) is 14.0 Å². The van der Waals surface area contributed by atoms with Gasteiger partial charge < -0.3 is 5.11 Å². The second-order valence-corrected chi connectivity index (χ2v) is 5.04. The number of rotatable bonds is 5. The topological polar surface area (TPSA) is 88.0 Å². The summed E-state index contributed by atoms with van der Waals surface area (Å²) in [6.07, 6.45) is 0. The molecule has 8 heteroatoms. The molecule has 0 amide bonds. The second kappa shape index (κ2) is 5.91. The van der Waals surface area contributed by atoms with Crippen LogP contribution in [0.2, 0.25) is 0 Å². The van der Waals surface area contributed by atoms with Gasteiger partial charge in [0, 0.05) is 0 Å². The summed E-state index contributed by atoms with van der Waals surface area (Å²) in [5.74, 6) is -1.61.